The van der Waals surface area contributed by atoms with E-state index in [0.29, 0.717) is 18.6 Å². The smallest absolute Gasteiger partial charge is 0.229 e. The van der Waals surface area contributed by atoms with Crippen LogP contribution in [0.1, 0.15) is 33.6 Å². The number of rotatable bonds is 3. The van der Waals surface area contributed by atoms with Crippen molar-refractivity contribution >= 4 is 5.91 Å². The summed E-state index contributed by atoms with van der Waals surface area (Å²) in [5.41, 5.74) is 0.393. The Balaban J connectivity index is 1.91. The minimum atomic E-state index is 0.0196. The topological polar surface area (TPSA) is 41.6 Å². The van der Waals surface area contributed by atoms with Crippen LogP contribution in [0.2, 0.25) is 0 Å². The van der Waals surface area contributed by atoms with Crippen molar-refractivity contribution in [1.82, 2.24) is 10.2 Å². The van der Waals surface area contributed by atoms with Crippen LogP contribution in [0.3, 0.4) is 0 Å². The van der Waals surface area contributed by atoms with Gasteiger partial charge in [-0.25, -0.2) is 0 Å². The number of nitrogens with zero attached hydrogens (tertiary/aromatic N) is 1. The zero-order valence-electron chi connectivity index (χ0n) is 11.9. The standard InChI is InChI=1S/C14H26N2O2/c1-4-15-12-10-18-9-11(12)13(17)16-7-5-14(2,3)6-8-16/h11-12,15H,4-10H2,1-3H3. The number of amides is 1. The lowest BCUT2D eigenvalue weighted by Crippen LogP contribution is -2.49. The van der Waals surface area contributed by atoms with Gasteiger partial charge in [-0.3, -0.25) is 4.79 Å². The molecule has 0 aromatic carbocycles. The summed E-state index contributed by atoms with van der Waals surface area (Å²) in [5.74, 6) is 0.306. The van der Waals surface area contributed by atoms with Gasteiger partial charge in [-0.15, -0.1) is 0 Å². The van der Waals surface area contributed by atoms with Crippen molar-refractivity contribution in [3.63, 3.8) is 0 Å². The predicted molar refractivity (Wildman–Crippen MR) is 71.4 cm³/mol. The number of hydrogen-bond donors (Lipinski definition) is 1. The largest absolute Gasteiger partial charge is 0.379 e. The van der Waals surface area contributed by atoms with Crippen molar-refractivity contribution in [1.29, 1.82) is 0 Å². The highest BCUT2D eigenvalue weighted by Gasteiger charge is 2.38. The molecule has 2 heterocycles. The number of likely N-dealkylation sites (N-methyl/N-ethyl adjacent to an activating group) is 1. The van der Waals surface area contributed by atoms with Gasteiger partial charge in [0.25, 0.3) is 0 Å². The molecule has 0 saturated carbocycles. The third-order valence-corrected chi connectivity index (χ3v) is 4.29. The van der Waals surface area contributed by atoms with Crippen molar-refractivity contribution in [3.05, 3.63) is 0 Å². The predicted octanol–water partition coefficient (Wildman–Crippen LogP) is 1.26. The monoisotopic (exact) mass is 254 g/mol. The average molecular weight is 254 g/mol. The van der Waals surface area contributed by atoms with Gasteiger partial charge >= 0.3 is 0 Å². The van der Waals surface area contributed by atoms with E-state index >= 15 is 0 Å². The third kappa shape index (κ3) is 3.04. The fraction of sp³-hybridized carbons (Fsp3) is 0.929. The molecule has 104 valence electrons. The van der Waals surface area contributed by atoms with Crippen LogP contribution in [-0.4, -0.2) is 49.7 Å². The van der Waals surface area contributed by atoms with Gasteiger partial charge in [0.05, 0.1) is 19.1 Å². The van der Waals surface area contributed by atoms with Crippen molar-refractivity contribution < 1.29 is 9.53 Å². The van der Waals surface area contributed by atoms with Crippen LogP contribution < -0.4 is 5.32 Å². The molecule has 0 aromatic heterocycles. The Labute approximate surface area is 110 Å². The first-order valence-electron chi connectivity index (χ1n) is 7.13. The molecule has 0 aliphatic carbocycles. The van der Waals surface area contributed by atoms with E-state index in [1.54, 1.807) is 0 Å². The number of carbonyl (C=O) groups is 1. The van der Waals surface area contributed by atoms with Crippen molar-refractivity contribution in [2.45, 2.75) is 39.7 Å². The second-order valence-electron chi connectivity index (χ2n) is 6.30. The molecule has 2 aliphatic heterocycles. The van der Waals surface area contributed by atoms with E-state index < -0.39 is 0 Å². The number of nitrogens with one attached hydrogen (secondary N) is 1. The van der Waals surface area contributed by atoms with Crippen LogP contribution in [0.4, 0.5) is 0 Å². The summed E-state index contributed by atoms with van der Waals surface area (Å²) in [6, 6.07) is 0.206. The van der Waals surface area contributed by atoms with E-state index in [-0.39, 0.29) is 17.9 Å². The van der Waals surface area contributed by atoms with E-state index in [1.165, 1.54) is 0 Å². The zero-order chi connectivity index (χ0) is 13.2. The Morgan fingerprint density at radius 3 is 2.61 bits per heavy atom. The first-order valence-corrected chi connectivity index (χ1v) is 7.13. The lowest BCUT2D eigenvalue weighted by atomic mass is 9.82. The van der Waals surface area contributed by atoms with E-state index in [2.05, 4.69) is 26.1 Å². The SMILES string of the molecule is CCNC1COCC1C(=O)N1CCC(C)(C)CC1. The Bertz CT molecular complexity index is 294. The van der Waals surface area contributed by atoms with E-state index in [4.69, 9.17) is 4.74 Å². The first kappa shape index (κ1) is 13.8. The van der Waals surface area contributed by atoms with Crippen molar-refractivity contribution in [2.24, 2.45) is 11.3 Å². The molecule has 2 unspecified atom stereocenters. The van der Waals surface area contributed by atoms with Crippen LogP contribution in [0.15, 0.2) is 0 Å². The second-order valence-corrected chi connectivity index (χ2v) is 6.30. The maximum Gasteiger partial charge on any atom is 0.229 e. The molecular formula is C14H26N2O2. The molecule has 2 rings (SSSR count). The molecule has 0 aromatic rings. The van der Waals surface area contributed by atoms with Crippen LogP contribution in [0, 0.1) is 11.3 Å². The van der Waals surface area contributed by atoms with Gasteiger partial charge < -0.3 is 15.0 Å². The maximum atomic E-state index is 12.5. The Hall–Kier alpha value is -0.610. The van der Waals surface area contributed by atoms with Gasteiger partial charge in [0, 0.05) is 19.1 Å². The minimum absolute atomic E-state index is 0.0196. The summed E-state index contributed by atoms with van der Waals surface area (Å²) in [6.07, 6.45) is 2.22. The highest BCUT2D eigenvalue weighted by molar-refractivity contribution is 5.80. The fourth-order valence-electron chi connectivity index (χ4n) is 2.83. The molecular weight excluding hydrogens is 228 g/mol. The number of carbonyl (C=O) groups excluding carboxylic acids is 1. The van der Waals surface area contributed by atoms with Crippen LogP contribution >= 0.6 is 0 Å². The lowest BCUT2D eigenvalue weighted by Gasteiger charge is -2.38. The molecule has 2 saturated heterocycles. The third-order valence-electron chi connectivity index (χ3n) is 4.29. The molecule has 2 fully saturated rings. The molecule has 1 N–H and O–H groups in total. The van der Waals surface area contributed by atoms with Gasteiger partial charge in [-0.05, 0) is 24.8 Å². The highest BCUT2D eigenvalue weighted by atomic mass is 16.5. The lowest BCUT2D eigenvalue weighted by molar-refractivity contribution is -0.138. The summed E-state index contributed by atoms with van der Waals surface area (Å²) in [4.78, 5) is 14.5. The van der Waals surface area contributed by atoms with Crippen molar-refractivity contribution in [2.75, 3.05) is 32.8 Å². The summed E-state index contributed by atoms with van der Waals surface area (Å²) in [5, 5.41) is 3.36. The summed E-state index contributed by atoms with van der Waals surface area (Å²) in [7, 11) is 0. The fourth-order valence-corrected chi connectivity index (χ4v) is 2.83. The molecule has 0 radical (unpaired) electrons. The molecule has 0 bridgehead atoms. The molecule has 0 spiro atoms. The molecule has 2 aliphatic rings. The highest BCUT2D eigenvalue weighted by Crippen LogP contribution is 2.31. The van der Waals surface area contributed by atoms with Gasteiger partial charge in [0.1, 0.15) is 0 Å². The van der Waals surface area contributed by atoms with Gasteiger partial charge in [-0.2, -0.15) is 0 Å². The normalized spacial score (nSPS) is 31.6. The molecule has 18 heavy (non-hydrogen) atoms. The number of ether oxygens (including phenoxy) is 1. The van der Waals surface area contributed by atoms with Crippen LogP contribution in [0.25, 0.3) is 0 Å². The van der Waals surface area contributed by atoms with Gasteiger partial charge in [-0.1, -0.05) is 20.8 Å². The minimum Gasteiger partial charge on any atom is -0.379 e. The van der Waals surface area contributed by atoms with Crippen molar-refractivity contribution in [3.8, 4) is 0 Å². The molecule has 4 nitrogen and oxygen atoms in total. The van der Waals surface area contributed by atoms with Crippen LogP contribution in [0.5, 0.6) is 0 Å². The number of likely N-dealkylation sites (tertiary alicyclic amines) is 1. The Morgan fingerprint density at radius 2 is 2.00 bits per heavy atom. The van der Waals surface area contributed by atoms with E-state index in [0.717, 1.165) is 32.5 Å². The van der Waals surface area contributed by atoms with Gasteiger partial charge in [0.2, 0.25) is 5.91 Å². The number of piperidine rings is 1. The van der Waals surface area contributed by atoms with Crippen LogP contribution in [-0.2, 0) is 9.53 Å². The molecule has 4 heteroatoms. The number of hydrogen-bond acceptors (Lipinski definition) is 3. The van der Waals surface area contributed by atoms with E-state index in [1.807, 2.05) is 4.90 Å². The van der Waals surface area contributed by atoms with E-state index in [9.17, 15) is 4.79 Å². The molecule has 1 amide bonds. The summed E-state index contributed by atoms with van der Waals surface area (Å²) in [6.45, 7) is 10.6. The van der Waals surface area contributed by atoms with Gasteiger partial charge in [0.15, 0.2) is 0 Å². The average Bonchev–Trinajstić information content (AvgIpc) is 2.77. The second kappa shape index (κ2) is 5.57. The zero-order valence-corrected chi connectivity index (χ0v) is 11.9. The maximum absolute atomic E-state index is 12.5. The quantitative estimate of drug-likeness (QED) is 0.824. The Morgan fingerprint density at radius 1 is 1.33 bits per heavy atom. The summed E-state index contributed by atoms with van der Waals surface area (Å²) >= 11 is 0. The molecule has 2 atom stereocenters. The first-order chi connectivity index (χ1) is 8.53. The Kier molecular flexibility index (Phi) is 4.28. The summed E-state index contributed by atoms with van der Waals surface area (Å²) < 4.78 is 5.47.